The van der Waals surface area contributed by atoms with Gasteiger partial charge in [-0.15, -0.1) is 0 Å². The lowest BCUT2D eigenvalue weighted by Gasteiger charge is -2.09. The van der Waals surface area contributed by atoms with E-state index in [-0.39, 0.29) is 15.9 Å². The summed E-state index contributed by atoms with van der Waals surface area (Å²) < 4.78 is 30.6. The van der Waals surface area contributed by atoms with Crippen LogP contribution in [-0.2, 0) is 4.74 Å². The number of nitrogens with zero attached hydrogens (tertiary/aromatic N) is 2. The molecule has 1 rings (SSSR count). The summed E-state index contributed by atoms with van der Waals surface area (Å²) >= 11 is 1.74. The molecule has 0 saturated heterocycles. The van der Waals surface area contributed by atoms with Crippen molar-refractivity contribution in [1.82, 2.24) is 4.98 Å². The molecule has 0 spiro atoms. The molecule has 0 N–H and O–H groups in total. The summed E-state index contributed by atoms with van der Waals surface area (Å²) in [7, 11) is 0. The molecule has 1 aromatic rings. The number of pyridine rings is 1. The molecule has 0 bridgehead atoms. The average Bonchev–Trinajstić information content (AvgIpc) is 2.27. The van der Waals surface area contributed by atoms with Gasteiger partial charge in [-0.1, -0.05) is 0 Å². The van der Waals surface area contributed by atoms with Crippen LogP contribution in [-0.4, -0.2) is 17.6 Å². The molecule has 0 unspecified atom stereocenters. The topological polar surface area (TPSA) is 63.0 Å². The number of hydrogen-bond acceptors (Lipinski definition) is 4. The number of ether oxygens (including phenoxy) is 1. The second-order valence-electron chi connectivity index (χ2n) is 2.89. The fourth-order valence-corrected chi connectivity index (χ4v) is 1.76. The Morgan fingerprint density at radius 3 is 2.82 bits per heavy atom. The van der Waals surface area contributed by atoms with Gasteiger partial charge in [-0.25, -0.2) is 18.6 Å². The Hall–Kier alpha value is -1.30. The highest BCUT2D eigenvalue weighted by Gasteiger charge is 2.25. The molecule has 1 aromatic heterocycles. The minimum absolute atomic E-state index is 0.0717. The van der Waals surface area contributed by atoms with Crippen LogP contribution in [0.2, 0.25) is 0 Å². The van der Waals surface area contributed by atoms with Crippen LogP contribution in [0.15, 0.2) is 6.07 Å². The number of halogens is 3. The van der Waals surface area contributed by atoms with E-state index in [1.165, 1.54) is 6.07 Å². The molecular formula is C10H7F2IN2O2. The number of alkyl halides is 2. The van der Waals surface area contributed by atoms with Crippen LogP contribution in [0.25, 0.3) is 0 Å². The number of carbonyl (C=O) groups excluding carboxylic acids is 1. The van der Waals surface area contributed by atoms with Crippen molar-refractivity contribution in [2.45, 2.75) is 13.3 Å². The molecule has 0 atom stereocenters. The molecule has 0 fully saturated rings. The third kappa shape index (κ3) is 3.09. The van der Waals surface area contributed by atoms with Gasteiger partial charge in [-0.3, -0.25) is 0 Å². The Balaban J connectivity index is 3.42. The van der Waals surface area contributed by atoms with Gasteiger partial charge in [0.1, 0.15) is 9.77 Å². The summed E-state index contributed by atoms with van der Waals surface area (Å²) in [6.45, 7) is 1.64. The van der Waals surface area contributed by atoms with E-state index in [0.717, 1.165) is 0 Å². The maximum absolute atomic E-state index is 12.8. The van der Waals surface area contributed by atoms with Gasteiger partial charge in [0, 0.05) is 0 Å². The van der Waals surface area contributed by atoms with Gasteiger partial charge >= 0.3 is 5.97 Å². The maximum Gasteiger partial charge on any atom is 0.338 e. The molecule has 7 heteroatoms. The van der Waals surface area contributed by atoms with Crippen molar-refractivity contribution < 1.29 is 18.3 Å². The molecule has 0 aromatic carbocycles. The Morgan fingerprint density at radius 1 is 1.71 bits per heavy atom. The van der Waals surface area contributed by atoms with Crippen molar-refractivity contribution in [3.63, 3.8) is 0 Å². The molecule has 0 saturated carbocycles. The van der Waals surface area contributed by atoms with Gasteiger partial charge in [0.2, 0.25) is 0 Å². The SMILES string of the molecule is CCOC(=O)c1cc(I)nc(C#N)c1C(F)F. The number of rotatable bonds is 3. The summed E-state index contributed by atoms with van der Waals surface area (Å²) in [6.07, 6.45) is -2.95. The smallest absolute Gasteiger partial charge is 0.338 e. The number of nitriles is 1. The summed E-state index contributed by atoms with van der Waals surface area (Å²) in [5, 5.41) is 8.73. The summed E-state index contributed by atoms with van der Waals surface area (Å²) in [4.78, 5) is 15.1. The van der Waals surface area contributed by atoms with Crippen molar-refractivity contribution in [2.24, 2.45) is 0 Å². The lowest BCUT2D eigenvalue weighted by molar-refractivity contribution is 0.0515. The second-order valence-corrected chi connectivity index (χ2v) is 3.99. The summed E-state index contributed by atoms with van der Waals surface area (Å²) in [5.41, 5.74) is -1.43. The molecule has 0 aliphatic heterocycles. The third-order valence-electron chi connectivity index (χ3n) is 1.85. The molecule has 4 nitrogen and oxygen atoms in total. The number of carbonyl (C=O) groups is 1. The quantitative estimate of drug-likeness (QED) is 0.477. The highest BCUT2D eigenvalue weighted by molar-refractivity contribution is 14.1. The molecule has 17 heavy (non-hydrogen) atoms. The largest absolute Gasteiger partial charge is 0.462 e. The first-order valence-electron chi connectivity index (χ1n) is 4.57. The number of aromatic nitrogens is 1. The lowest BCUT2D eigenvalue weighted by Crippen LogP contribution is -2.12. The molecule has 0 radical (unpaired) electrons. The lowest BCUT2D eigenvalue weighted by atomic mass is 10.1. The van der Waals surface area contributed by atoms with Crippen LogP contribution in [0.3, 0.4) is 0 Å². The zero-order valence-corrected chi connectivity index (χ0v) is 10.9. The normalized spacial score (nSPS) is 10.1. The van der Waals surface area contributed by atoms with E-state index in [2.05, 4.69) is 9.72 Å². The summed E-state index contributed by atoms with van der Waals surface area (Å²) in [6, 6.07) is 2.73. The number of hydrogen-bond donors (Lipinski definition) is 0. The van der Waals surface area contributed by atoms with Crippen LogP contribution < -0.4 is 0 Å². The van der Waals surface area contributed by atoms with Crippen molar-refractivity contribution in [1.29, 1.82) is 5.26 Å². The van der Waals surface area contributed by atoms with Crippen molar-refractivity contribution in [3.8, 4) is 6.07 Å². The Kier molecular flexibility index (Phi) is 4.74. The molecule has 90 valence electrons. The standard InChI is InChI=1S/C10H7F2IN2O2/c1-2-17-10(16)5-3-7(13)15-6(4-14)8(5)9(11)12/h3,9H,2H2,1H3. The second kappa shape index (κ2) is 5.86. The van der Waals surface area contributed by atoms with Crippen LogP contribution in [0, 0.1) is 15.0 Å². The molecule has 0 aliphatic rings. The zero-order chi connectivity index (χ0) is 13.0. The molecule has 1 heterocycles. The van der Waals surface area contributed by atoms with E-state index in [9.17, 15) is 13.6 Å². The monoisotopic (exact) mass is 352 g/mol. The first kappa shape index (κ1) is 13.8. The van der Waals surface area contributed by atoms with Crippen LogP contribution in [0.4, 0.5) is 8.78 Å². The minimum Gasteiger partial charge on any atom is -0.462 e. The third-order valence-corrected chi connectivity index (χ3v) is 2.40. The van der Waals surface area contributed by atoms with Crippen molar-refractivity contribution in [2.75, 3.05) is 6.61 Å². The van der Waals surface area contributed by atoms with Gasteiger partial charge in [0.25, 0.3) is 6.43 Å². The first-order valence-corrected chi connectivity index (χ1v) is 5.65. The fraction of sp³-hybridized carbons (Fsp3) is 0.300. The van der Waals surface area contributed by atoms with Crippen molar-refractivity contribution in [3.05, 3.63) is 26.6 Å². The van der Waals surface area contributed by atoms with Crippen LogP contribution >= 0.6 is 22.6 Å². The van der Waals surface area contributed by atoms with Crippen LogP contribution in [0.1, 0.15) is 35.0 Å². The van der Waals surface area contributed by atoms with Gasteiger partial charge in [0.15, 0.2) is 5.69 Å². The Labute approximate surface area is 110 Å². The maximum atomic E-state index is 12.8. The van der Waals surface area contributed by atoms with E-state index < -0.39 is 23.7 Å². The predicted molar refractivity (Wildman–Crippen MR) is 62.6 cm³/mol. The summed E-state index contributed by atoms with van der Waals surface area (Å²) in [5.74, 6) is -0.875. The molecular weight excluding hydrogens is 345 g/mol. The average molecular weight is 352 g/mol. The Bertz CT molecular complexity index is 486. The highest BCUT2D eigenvalue weighted by Crippen LogP contribution is 2.27. The van der Waals surface area contributed by atoms with Crippen LogP contribution in [0.5, 0.6) is 0 Å². The van der Waals surface area contributed by atoms with Gasteiger partial charge < -0.3 is 4.74 Å². The van der Waals surface area contributed by atoms with Gasteiger partial charge in [-0.2, -0.15) is 5.26 Å². The Morgan fingerprint density at radius 2 is 2.35 bits per heavy atom. The first-order chi connectivity index (χ1) is 8.01. The van der Waals surface area contributed by atoms with Gasteiger partial charge in [-0.05, 0) is 35.6 Å². The minimum atomic E-state index is -2.95. The van der Waals surface area contributed by atoms with E-state index in [4.69, 9.17) is 5.26 Å². The van der Waals surface area contributed by atoms with Crippen molar-refractivity contribution >= 4 is 28.6 Å². The molecule has 0 amide bonds. The number of esters is 1. The van der Waals surface area contributed by atoms with Gasteiger partial charge in [0.05, 0.1) is 17.7 Å². The van der Waals surface area contributed by atoms with E-state index in [1.54, 1.807) is 35.6 Å². The highest BCUT2D eigenvalue weighted by atomic mass is 127. The van der Waals surface area contributed by atoms with E-state index >= 15 is 0 Å². The zero-order valence-electron chi connectivity index (χ0n) is 8.71. The van der Waals surface area contributed by atoms with E-state index in [0.29, 0.717) is 0 Å². The fourth-order valence-electron chi connectivity index (χ4n) is 1.21. The predicted octanol–water partition coefficient (Wildman–Crippen LogP) is 2.67. The molecule has 0 aliphatic carbocycles. The van der Waals surface area contributed by atoms with E-state index in [1.807, 2.05) is 0 Å².